The summed E-state index contributed by atoms with van der Waals surface area (Å²) in [5.74, 6) is 1.80. The highest BCUT2D eigenvalue weighted by Crippen LogP contribution is 2.22. The van der Waals surface area contributed by atoms with Gasteiger partial charge < -0.3 is 20.3 Å². The van der Waals surface area contributed by atoms with E-state index >= 15 is 0 Å². The number of amides is 3. The van der Waals surface area contributed by atoms with Crippen LogP contribution in [0.4, 0.5) is 4.79 Å². The minimum absolute atomic E-state index is 0.0407. The quantitative estimate of drug-likeness (QED) is 0.389. The summed E-state index contributed by atoms with van der Waals surface area (Å²) in [6.07, 6.45) is 6.44. The fourth-order valence-electron chi connectivity index (χ4n) is 3.15. The number of ether oxygens (including phenoxy) is 1. The van der Waals surface area contributed by atoms with E-state index in [9.17, 15) is 14.4 Å². The predicted octanol–water partition coefficient (Wildman–Crippen LogP) is 3.30. The van der Waals surface area contributed by atoms with E-state index in [1.807, 2.05) is 13.8 Å². The molecule has 0 aromatic heterocycles. The van der Waals surface area contributed by atoms with E-state index in [1.54, 1.807) is 45.0 Å². The zero-order chi connectivity index (χ0) is 24.5. The molecule has 0 aliphatic carbocycles. The minimum atomic E-state index is -0.966. The van der Waals surface area contributed by atoms with Gasteiger partial charge in [0.15, 0.2) is 0 Å². The average Bonchev–Trinajstić information content (AvgIpc) is 2.70. The lowest BCUT2D eigenvalue weighted by molar-refractivity contribution is -0.140. The third-order valence-corrected chi connectivity index (χ3v) is 5.02. The molecule has 7 nitrogen and oxygen atoms in total. The number of rotatable bonds is 9. The molecule has 0 saturated heterocycles. The normalized spacial score (nSPS) is 13.8. The van der Waals surface area contributed by atoms with Crippen LogP contribution in [0.3, 0.4) is 0 Å². The molecule has 3 unspecified atom stereocenters. The van der Waals surface area contributed by atoms with Crippen molar-refractivity contribution in [1.82, 2.24) is 15.5 Å². The van der Waals surface area contributed by atoms with Crippen molar-refractivity contribution >= 4 is 30.5 Å². The largest absolute Gasteiger partial charge is 0.444 e. The van der Waals surface area contributed by atoms with Gasteiger partial charge >= 0.3 is 6.09 Å². The number of nitrogens with one attached hydrogen (secondary N) is 2. The molecule has 3 atom stereocenters. The fraction of sp³-hybridized carbons (Fsp3) is 0.542. The summed E-state index contributed by atoms with van der Waals surface area (Å²) >= 11 is 4.21. The van der Waals surface area contributed by atoms with Crippen LogP contribution in [-0.2, 0) is 14.3 Å². The first kappa shape index (κ1) is 27.4. The molecule has 8 heteroatoms. The Bertz CT molecular complexity index is 827. The van der Waals surface area contributed by atoms with Crippen LogP contribution in [0.2, 0.25) is 0 Å². The number of terminal acetylenes is 1. The summed E-state index contributed by atoms with van der Waals surface area (Å²) in [4.78, 5) is 39.9. The maximum absolute atomic E-state index is 13.2. The topological polar surface area (TPSA) is 87.7 Å². The molecular weight excluding hydrogens is 426 g/mol. The second-order valence-electron chi connectivity index (χ2n) is 8.70. The third kappa shape index (κ3) is 8.46. The SMILES string of the molecule is C#Cc1ccc(C(C(=O)NC(C)CCC)N(C)C(=O)C(CS)NC(=O)OC(C)(C)C)cc1. The lowest BCUT2D eigenvalue weighted by Crippen LogP contribution is -2.53. The Labute approximate surface area is 197 Å². The summed E-state index contributed by atoms with van der Waals surface area (Å²) in [6, 6.07) is 4.97. The van der Waals surface area contributed by atoms with Crippen molar-refractivity contribution in [2.45, 2.75) is 71.2 Å². The molecule has 1 aromatic carbocycles. The van der Waals surface area contributed by atoms with Gasteiger partial charge in [-0.05, 0) is 51.8 Å². The summed E-state index contributed by atoms with van der Waals surface area (Å²) in [5, 5.41) is 5.51. The van der Waals surface area contributed by atoms with Crippen LogP contribution < -0.4 is 10.6 Å². The smallest absolute Gasteiger partial charge is 0.408 e. The molecule has 0 heterocycles. The van der Waals surface area contributed by atoms with Crippen molar-refractivity contribution in [2.75, 3.05) is 12.8 Å². The molecule has 3 amide bonds. The summed E-state index contributed by atoms with van der Waals surface area (Å²) in [7, 11) is 1.53. The van der Waals surface area contributed by atoms with E-state index in [0.29, 0.717) is 11.1 Å². The highest BCUT2D eigenvalue weighted by atomic mass is 32.1. The van der Waals surface area contributed by atoms with Crippen LogP contribution in [0.1, 0.15) is 64.6 Å². The molecule has 0 saturated carbocycles. The Morgan fingerprint density at radius 2 is 1.78 bits per heavy atom. The Morgan fingerprint density at radius 1 is 1.19 bits per heavy atom. The van der Waals surface area contributed by atoms with Crippen molar-refractivity contribution < 1.29 is 19.1 Å². The molecule has 32 heavy (non-hydrogen) atoms. The van der Waals surface area contributed by atoms with Crippen molar-refractivity contribution in [2.24, 2.45) is 0 Å². The summed E-state index contributed by atoms with van der Waals surface area (Å²) < 4.78 is 5.24. The van der Waals surface area contributed by atoms with Gasteiger partial charge in [0.05, 0.1) is 0 Å². The van der Waals surface area contributed by atoms with Crippen molar-refractivity contribution in [3.63, 3.8) is 0 Å². The van der Waals surface area contributed by atoms with Gasteiger partial charge in [0, 0.05) is 24.4 Å². The molecule has 0 aliphatic rings. The van der Waals surface area contributed by atoms with Gasteiger partial charge in [0.1, 0.15) is 17.7 Å². The minimum Gasteiger partial charge on any atom is -0.444 e. The molecule has 0 bridgehead atoms. The van der Waals surface area contributed by atoms with E-state index in [2.05, 4.69) is 29.2 Å². The number of likely N-dealkylation sites (N-methyl/N-ethyl adjacent to an activating group) is 1. The van der Waals surface area contributed by atoms with Gasteiger partial charge in [-0.25, -0.2) is 4.79 Å². The molecule has 2 N–H and O–H groups in total. The van der Waals surface area contributed by atoms with Crippen LogP contribution in [0.25, 0.3) is 0 Å². The van der Waals surface area contributed by atoms with E-state index in [4.69, 9.17) is 11.2 Å². The van der Waals surface area contributed by atoms with Crippen LogP contribution in [0, 0.1) is 12.3 Å². The van der Waals surface area contributed by atoms with Crippen LogP contribution in [-0.4, -0.2) is 53.3 Å². The second kappa shape index (κ2) is 12.4. The van der Waals surface area contributed by atoms with Gasteiger partial charge in [-0.2, -0.15) is 12.6 Å². The second-order valence-corrected chi connectivity index (χ2v) is 9.06. The summed E-state index contributed by atoms with van der Waals surface area (Å²) in [5.41, 5.74) is 0.564. The number of alkyl carbamates (subject to hydrolysis) is 1. The average molecular weight is 462 g/mol. The lowest BCUT2D eigenvalue weighted by atomic mass is 10.0. The first-order chi connectivity index (χ1) is 14.9. The van der Waals surface area contributed by atoms with E-state index in [-0.39, 0.29) is 17.7 Å². The molecule has 176 valence electrons. The maximum atomic E-state index is 13.2. The van der Waals surface area contributed by atoms with Gasteiger partial charge in [-0.15, -0.1) is 6.42 Å². The molecule has 1 aromatic rings. The zero-order valence-electron chi connectivity index (χ0n) is 19.8. The number of benzene rings is 1. The zero-order valence-corrected chi connectivity index (χ0v) is 20.7. The van der Waals surface area contributed by atoms with Gasteiger partial charge in [0.2, 0.25) is 11.8 Å². The van der Waals surface area contributed by atoms with Crippen molar-refractivity contribution in [1.29, 1.82) is 0 Å². The van der Waals surface area contributed by atoms with E-state index < -0.39 is 29.7 Å². The summed E-state index contributed by atoms with van der Waals surface area (Å²) in [6.45, 7) is 9.14. The Balaban J connectivity index is 3.17. The van der Waals surface area contributed by atoms with Crippen LogP contribution >= 0.6 is 12.6 Å². The number of hydrogen-bond donors (Lipinski definition) is 3. The van der Waals surface area contributed by atoms with Crippen LogP contribution in [0.15, 0.2) is 24.3 Å². The highest BCUT2D eigenvalue weighted by molar-refractivity contribution is 7.80. The van der Waals surface area contributed by atoms with Gasteiger partial charge in [-0.1, -0.05) is 31.4 Å². The van der Waals surface area contributed by atoms with E-state index in [0.717, 1.165) is 12.8 Å². The molecule has 0 aliphatic heterocycles. The number of nitrogens with zero attached hydrogens (tertiary/aromatic N) is 1. The van der Waals surface area contributed by atoms with Crippen molar-refractivity contribution in [3.8, 4) is 12.3 Å². The number of carbonyl (C=O) groups is 3. The Kier molecular flexibility index (Phi) is 10.6. The Hall–Kier alpha value is -2.66. The van der Waals surface area contributed by atoms with Crippen molar-refractivity contribution in [3.05, 3.63) is 35.4 Å². The molecule has 0 spiro atoms. The van der Waals surface area contributed by atoms with Gasteiger partial charge in [-0.3, -0.25) is 9.59 Å². The standard InChI is InChI=1S/C24H35N3O4S/c1-8-10-16(3)25-21(28)20(18-13-11-17(9-2)12-14-18)27(7)22(29)19(15-32)26-23(30)31-24(4,5)6/h2,11-14,16,19-20,32H,8,10,15H2,1,3-7H3,(H,25,28)(H,26,30). The lowest BCUT2D eigenvalue weighted by Gasteiger charge is -2.32. The molecule has 0 fully saturated rings. The molecule has 1 rings (SSSR count). The highest BCUT2D eigenvalue weighted by Gasteiger charge is 2.34. The maximum Gasteiger partial charge on any atom is 0.408 e. The number of hydrogen-bond acceptors (Lipinski definition) is 5. The third-order valence-electron chi connectivity index (χ3n) is 4.66. The van der Waals surface area contributed by atoms with E-state index in [1.165, 1.54) is 11.9 Å². The number of thiol groups is 1. The molecular formula is C24H35N3O4S. The Morgan fingerprint density at radius 3 is 2.25 bits per heavy atom. The first-order valence-corrected chi connectivity index (χ1v) is 11.3. The molecule has 0 radical (unpaired) electrons. The van der Waals surface area contributed by atoms with Crippen LogP contribution in [0.5, 0.6) is 0 Å². The first-order valence-electron chi connectivity index (χ1n) is 10.7. The predicted molar refractivity (Wildman–Crippen MR) is 129 cm³/mol. The van der Waals surface area contributed by atoms with Gasteiger partial charge in [0.25, 0.3) is 0 Å². The number of carbonyl (C=O) groups excluding carboxylic acids is 3. The monoisotopic (exact) mass is 461 g/mol. The fourth-order valence-corrected chi connectivity index (χ4v) is 3.40.